The average molecular weight is 328 g/mol. The van der Waals surface area contributed by atoms with E-state index in [9.17, 15) is 20.2 Å². The Morgan fingerprint density at radius 2 is 1.75 bits per heavy atom. The molecule has 0 aliphatic rings. The maximum atomic E-state index is 11.1. The van der Waals surface area contributed by atoms with Crippen LogP contribution < -0.4 is 5.43 Å². The predicted octanol–water partition coefficient (Wildman–Crippen LogP) is 3.96. The van der Waals surface area contributed by atoms with E-state index in [2.05, 4.69) is 10.5 Å². The number of nitro benzene ring substituents is 2. The molecule has 2 aromatic rings. The van der Waals surface area contributed by atoms with Gasteiger partial charge in [0.25, 0.3) is 5.69 Å². The lowest BCUT2D eigenvalue weighted by Crippen LogP contribution is -2.04. The summed E-state index contributed by atoms with van der Waals surface area (Å²) < 4.78 is 0. The van der Waals surface area contributed by atoms with Gasteiger partial charge in [0.15, 0.2) is 0 Å². The van der Waals surface area contributed by atoms with Gasteiger partial charge < -0.3 is 0 Å². The molecular formula is C16H16N4O4. The molecule has 0 fully saturated rings. The van der Waals surface area contributed by atoms with Crippen LogP contribution in [0.5, 0.6) is 0 Å². The van der Waals surface area contributed by atoms with Gasteiger partial charge in [-0.25, -0.2) is 0 Å². The monoisotopic (exact) mass is 328 g/mol. The van der Waals surface area contributed by atoms with E-state index < -0.39 is 15.5 Å². The number of non-ortho nitro benzene ring substituents is 1. The molecule has 8 heteroatoms. The molecule has 0 saturated heterocycles. The first-order valence-electron chi connectivity index (χ1n) is 7.10. The molecule has 0 radical (unpaired) electrons. The molecule has 0 aliphatic heterocycles. The molecular weight excluding hydrogens is 312 g/mol. The number of nitrogens with zero attached hydrogens (tertiary/aromatic N) is 3. The highest BCUT2D eigenvalue weighted by Gasteiger charge is 2.19. The molecule has 0 heterocycles. The number of anilines is 1. The summed E-state index contributed by atoms with van der Waals surface area (Å²) in [5, 5.41) is 26.0. The Morgan fingerprint density at radius 1 is 1.04 bits per heavy atom. The van der Waals surface area contributed by atoms with E-state index in [-0.39, 0.29) is 11.4 Å². The number of hydrazone groups is 1. The first-order valence-corrected chi connectivity index (χ1v) is 7.10. The van der Waals surface area contributed by atoms with E-state index in [4.69, 9.17) is 0 Å². The van der Waals surface area contributed by atoms with Crippen LogP contribution in [0.3, 0.4) is 0 Å². The van der Waals surface area contributed by atoms with E-state index in [1.54, 1.807) is 6.92 Å². The fraction of sp³-hybridized carbons (Fsp3) is 0.188. The minimum absolute atomic E-state index is 0.0928. The molecule has 0 aromatic heterocycles. The molecule has 2 rings (SSSR count). The van der Waals surface area contributed by atoms with Crippen molar-refractivity contribution in [3.05, 3.63) is 73.3 Å². The van der Waals surface area contributed by atoms with Crippen LogP contribution in [-0.2, 0) is 0 Å². The standard InChI is InChI=1S/C16H16N4O4/c1-10-4-5-11(2)14(8-10)12(3)17-18-15-7-6-13(19(21)22)9-16(15)20(23)24/h4-9,18H,1-3H3. The van der Waals surface area contributed by atoms with Crippen LogP contribution >= 0.6 is 0 Å². The van der Waals surface area contributed by atoms with Crippen molar-refractivity contribution in [1.29, 1.82) is 0 Å². The van der Waals surface area contributed by atoms with E-state index in [0.29, 0.717) is 5.71 Å². The van der Waals surface area contributed by atoms with Crippen molar-refractivity contribution < 1.29 is 9.85 Å². The molecule has 124 valence electrons. The Kier molecular flexibility index (Phi) is 4.88. The van der Waals surface area contributed by atoms with Crippen LogP contribution in [0.15, 0.2) is 41.5 Å². The Morgan fingerprint density at radius 3 is 2.38 bits per heavy atom. The molecule has 0 atom stereocenters. The topological polar surface area (TPSA) is 111 Å². The number of aryl methyl sites for hydroxylation is 2. The van der Waals surface area contributed by atoms with Gasteiger partial charge >= 0.3 is 5.69 Å². The van der Waals surface area contributed by atoms with Crippen LogP contribution in [0.4, 0.5) is 17.1 Å². The largest absolute Gasteiger partial charge is 0.301 e. The van der Waals surface area contributed by atoms with Crippen molar-refractivity contribution in [2.45, 2.75) is 20.8 Å². The van der Waals surface area contributed by atoms with Gasteiger partial charge in [-0.05, 0) is 38.5 Å². The summed E-state index contributed by atoms with van der Waals surface area (Å²) in [5.41, 5.74) is 5.66. The SMILES string of the molecule is CC(=NNc1ccc([N+](=O)[O-])cc1[N+](=O)[O-])c1cc(C)ccc1C. The summed E-state index contributed by atoms with van der Waals surface area (Å²) in [6.45, 7) is 5.69. The first-order chi connectivity index (χ1) is 11.3. The van der Waals surface area contributed by atoms with Gasteiger partial charge in [-0.1, -0.05) is 17.7 Å². The van der Waals surface area contributed by atoms with Crippen molar-refractivity contribution in [2.24, 2.45) is 5.10 Å². The van der Waals surface area contributed by atoms with Crippen LogP contribution in [-0.4, -0.2) is 15.6 Å². The van der Waals surface area contributed by atoms with Crippen molar-refractivity contribution in [1.82, 2.24) is 0 Å². The van der Waals surface area contributed by atoms with Crippen molar-refractivity contribution in [2.75, 3.05) is 5.43 Å². The number of rotatable bonds is 5. The molecule has 0 unspecified atom stereocenters. The van der Waals surface area contributed by atoms with Gasteiger partial charge in [0.1, 0.15) is 5.69 Å². The number of hydrogen-bond acceptors (Lipinski definition) is 6. The zero-order valence-corrected chi connectivity index (χ0v) is 13.4. The van der Waals surface area contributed by atoms with Gasteiger partial charge in [0.05, 0.1) is 21.6 Å². The fourth-order valence-corrected chi connectivity index (χ4v) is 2.21. The lowest BCUT2D eigenvalue weighted by molar-refractivity contribution is -0.393. The first kappa shape index (κ1) is 17.1. The fourth-order valence-electron chi connectivity index (χ4n) is 2.21. The smallest absolute Gasteiger partial charge is 0.271 e. The second-order valence-corrected chi connectivity index (χ2v) is 5.34. The molecule has 0 spiro atoms. The summed E-state index contributed by atoms with van der Waals surface area (Å²) >= 11 is 0. The second kappa shape index (κ2) is 6.86. The zero-order chi connectivity index (χ0) is 17.9. The minimum Gasteiger partial charge on any atom is -0.271 e. The zero-order valence-electron chi connectivity index (χ0n) is 13.4. The number of hydrogen-bond donors (Lipinski definition) is 1. The number of benzene rings is 2. The van der Waals surface area contributed by atoms with Crippen LogP contribution in [0, 0.1) is 34.1 Å². The van der Waals surface area contributed by atoms with Crippen LogP contribution in [0.2, 0.25) is 0 Å². The Balaban J connectivity index is 2.35. The summed E-state index contributed by atoms with van der Waals surface area (Å²) in [6.07, 6.45) is 0. The van der Waals surface area contributed by atoms with Gasteiger partial charge in [0, 0.05) is 11.6 Å². The molecule has 0 bridgehead atoms. The third-order valence-corrected chi connectivity index (χ3v) is 3.52. The van der Waals surface area contributed by atoms with E-state index in [1.807, 2.05) is 32.0 Å². The third-order valence-electron chi connectivity index (χ3n) is 3.52. The van der Waals surface area contributed by atoms with Crippen molar-refractivity contribution in [3.8, 4) is 0 Å². The lowest BCUT2D eigenvalue weighted by atomic mass is 10.0. The van der Waals surface area contributed by atoms with E-state index in [0.717, 1.165) is 22.8 Å². The summed E-state index contributed by atoms with van der Waals surface area (Å²) in [7, 11) is 0. The van der Waals surface area contributed by atoms with Crippen LogP contribution in [0.1, 0.15) is 23.6 Å². The lowest BCUT2D eigenvalue weighted by Gasteiger charge is -2.08. The van der Waals surface area contributed by atoms with Crippen molar-refractivity contribution >= 4 is 22.8 Å². The third kappa shape index (κ3) is 3.72. The van der Waals surface area contributed by atoms with Crippen LogP contribution in [0.25, 0.3) is 0 Å². The molecule has 8 nitrogen and oxygen atoms in total. The van der Waals surface area contributed by atoms with Gasteiger partial charge in [-0.3, -0.25) is 25.7 Å². The highest BCUT2D eigenvalue weighted by Crippen LogP contribution is 2.29. The summed E-state index contributed by atoms with van der Waals surface area (Å²) in [5.74, 6) is 0. The Hall–Kier alpha value is -3.29. The van der Waals surface area contributed by atoms with Gasteiger partial charge in [0.2, 0.25) is 0 Å². The second-order valence-electron chi connectivity index (χ2n) is 5.34. The summed E-state index contributed by atoms with van der Waals surface area (Å²) in [4.78, 5) is 20.5. The molecule has 0 amide bonds. The molecule has 24 heavy (non-hydrogen) atoms. The quantitative estimate of drug-likeness (QED) is 0.507. The molecule has 0 saturated carbocycles. The average Bonchev–Trinajstić information content (AvgIpc) is 2.54. The minimum atomic E-state index is -0.682. The maximum absolute atomic E-state index is 11.1. The van der Waals surface area contributed by atoms with Gasteiger partial charge in [-0.2, -0.15) is 5.10 Å². The predicted molar refractivity (Wildman–Crippen MR) is 91.5 cm³/mol. The Bertz CT molecular complexity index is 846. The number of nitro groups is 2. The normalized spacial score (nSPS) is 11.2. The molecule has 1 N–H and O–H groups in total. The maximum Gasteiger partial charge on any atom is 0.301 e. The van der Waals surface area contributed by atoms with Gasteiger partial charge in [-0.15, -0.1) is 0 Å². The Labute approximate surface area is 138 Å². The highest BCUT2D eigenvalue weighted by molar-refractivity contribution is 6.00. The van der Waals surface area contributed by atoms with Crippen molar-refractivity contribution in [3.63, 3.8) is 0 Å². The highest BCUT2D eigenvalue weighted by atomic mass is 16.6. The molecule has 2 aromatic carbocycles. The van der Waals surface area contributed by atoms with E-state index in [1.165, 1.54) is 12.1 Å². The molecule has 0 aliphatic carbocycles. The number of nitrogens with one attached hydrogen (secondary N) is 1. The summed E-state index contributed by atoms with van der Waals surface area (Å²) in [6, 6.07) is 9.30. The van der Waals surface area contributed by atoms with E-state index >= 15 is 0 Å².